The Kier molecular flexibility index (Phi) is 2.69. The van der Waals surface area contributed by atoms with Gasteiger partial charge < -0.3 is 4.90 Å². The Labute approximate surface area is 118 Å². The van der Waals surface area contributed by atoms with Crippen LogP contribution in [0.25, 0.3) is 0 Å². The fourth-order valence-corrected chi connectivity index (χ4v) is 5.29. The topological polar surface area (TPSA) is 15.3 Å². The average Bonchev–Trinajstić information content (AvgIpc) is 2.40. The van der Waals surface area contributed by atoms with Gasteiger partial charge in [-0.05, 0) is 57.1 Å². The van der Waals surface area contributed by atoms with E-state index >= 15 is 0 Å². The first-order valence-corrected chi connectivity index (χ1v) is 8.10. The van der Waals surface area contributed by atoms with Crippen molar-refractivity contribution in [3.8, 4) is 0 Å². The van der Waals surface area contributed by atoms with Crippen LogP contribution in [0.4, 0.5) is 5.69 Å². The second kappa shape index (κ2) is 4.20. The fourth-order valence-electron chi connectivity index (χ4n) is 4.94. The lowest BCUT2D eigenvalue weighted by atomic mass is 9.60. The third kappa shape index (κ3) is 1.84. The molecule has 3 unspecified atom stereocenters. The van der Waals surface area contributed by atoms with Crippen LogP contribution in [0.5, 0.6) is 0 Å². The summed E-state index contributed by atoms with van der Waals surface area (Å²) in [4.78, 5) is 2.73. The van der Waals surface area contributed by atoms with Crippen molar-refractivity contribution in [3.63, 3.8) is 0 Å². The van der Waals surface area contributed by atoms with Crippen molar-refractivity contribution in [1.29, 1.82) is 0 Å². The first-order chi connectivity index (χ1) is 9.19. The molecule has 4 aliphatic rings. The zero-order valence-corrected chi connectivity index (χ0v) is 12.8. The van der Waals surface area contributed by atoms with Gasteiger partial charge in [0.1, 0.15) is 0 Å². The van der Waals surface area contributed by atoms with E-state index in [1.165, 1.54) is 43.4 Å². The van der Waals surface area contributed by atoms with Crippen LogP contribution in [0.2, 0.25) is 0 Å². The van der Waals surface area contributed by atoms with Crippen LogP contribution in [-0.2, 0) is 0 Å². The monoisotopic (exact) mass is 274 g/mol. The lowest BCUT2D eigenvalue weighted by molar-refractivity contribution is 0.0563. The molecule has 2 nitrogen and oxygen atoms in total. The summed E-state index contributed by atoms with van der Waals surface area (Å²) in [7, 11) is 2.79. The van der Waals surface area contributed by atoms with E-state index in [9.17, 15) is 0 Å². The number of piperidine rings is 2. The van der Waals surface area contributed by atoms with Gasteiger partial charge in [-0.1, -0.05) is 27.1 Å². The van der Waals surface area contributed by atoms with E-state index in [2.05, 4.69) is 50.6 Å². The van der Waals surface area contributed by atoms with Gasteiger partial charge in [-0.25, -0.2) is 0 Å². The van der Waals surface area contributed by atoms with Crippen LogP contribution in [0.1, 0.15) is 37.7 Å². The lowest BCUT2D eigenvalue weighted by Gasteiger charge is -2.62. The molecule has 1 aromatic carbocycles. The van der Waals surface area contributed by atoms with Crippen LogP contribution >= 0.6 is 9.39 Å². The van der Waals surface area contributed by atoms with Crippen LogP contribution in [0.15, 0.2) is 24.3 Å². The molecular weight excluding hydrogens is 251 g/mol. The Morgan fingerprint density at radius 1 is 1.11 bits per heavy atom. The van der Waals surface area contributed by atoms with E-state index in [1.54, 1.807) is 0 Å². The standard InChI is InChI=1S/C16H23N2P/c1-11-2-4-13(5-3-11)18-14-6-12-7-15(18)10-16(8-12,9-14)17-19/h2-5,12,14-15,17H,6-10,19H2,1H3. The van der Waals surface area contributed by atoms with Gasteiger partial charge in [0.2, 0.25) is 0 Å². The minimum absolute atomic E-state index is 0.419. The summed E-state index contributed by atoms with van der Waals surface area (Å²) in [5, 5.41) is 3.58. The number of hydrogen-bond acceptors (Lipinski definition) is 2. The Morgan fingerprint density at radius 2 is 1.74 bits per heavy atom. The van der Waals surface area contributed by atoms with Crippen molar-refractivity contribution in [2.75, 3.05) is 4.90 Å². The number of aryl methyl sites for hydroxylation is 1. The van der Waals surface area contributed by atoms with Crippen LogP contribution in [-0.4, -0.2) is 17.6 Å². The molecule has 2 aliphatic heterocycles. The molecule has 19 heavy (non-hydrogen) atoms. The Hall–Kier alpha value is -0.590. The maximum absolute atomic E-state index is 3.58. The highest BCUT2D eigenvalue weighted by molar-refractivity contribution is 7.13. The Morgan fingerprint density at radius 3 is 2.32 bits per heavy atom. The quantitative estimate of drug-likeness (QED) is 0.833. The number of nitrogens with zero attached hydrogens (tertiary/aromatic N) is 1. The molecule has 4 bridgehead atoms. The van der Waals surface area contributed by atoms with Crippen molar-refractivity contribution in [3.05, 3.63) is 29.8 Å². The van der Waals surface area contributed by atoms with Crippen molar-refractivity contribution in [2.24, 2.45) is 5.92 Å². The van der Waals surface area contributed by atoms with E-state index < -0.39 is 0 Å². The van der Waals surface area contributed by atoms with Crippen molar-refractivity contribution in [2.45, 2.75) is 56.7 Å². The van der Waals surface area contributed by atoms with Crippen molar-refractivity contribution >= 4 is 15.1 Å². The molecule has 5 rings (SSSR count). The average molecular weight is 274 g/mol. The molecule has 4 fully saturated rings. The summed E-state index contributed by atoms with van der Waals surface area (Å²) < 4.78 is 0. The maximum atomic E-state index is 3.58. The number of rotatable bonds is 2. The summed E-state index contributed by atoms with van der Waals surface area (Å²) in [6.07, 6.45) is 6.83. The Bertz CT molecular complexity index is 468. The molecule has 2 saturated heterocycles. The van der Waals surface area contributed by atoms with Crippen LogP contribution in [0, 0.1) is 12.8 Å². The third-order valence-electron chi connectivity index (χ3n) is 5.57. The number of benzene rings is 1. The van der Waals surface area contributed by atoms with Crippen LogP contribution in [0.3, 0.4) is 0 Å². The predicted molar refractivity (Wildman–Crippen MR) is 83.4 cm³/mol. The fraction of sp³-hybridized carbons (Fsp3) is 0.625. The molecule has 3 heteroatoms. The Balaban J connectivity index is 1.67. The predicted octanol–water partition coefficient (Wildman–Crippen LogP) is 3.26. The van der Waals surface area contributed by atoms with Gasteiger partial charge >= 0.3 is 0 Å². The molecular formula is C16H23N2P. The molecule has 102 valence electrons. The summed E-state index contributed by atoms with van der Waals surface area (Å²) in [5.74, 6) is 0.951. The number of hydrogen-bond donors (Lipinski definition) is 1. The van der Waals surface area contributed by atoms with Gasteiger partial charge in [0.25, 0.3) is 0 Å². The molecule has 0 radical (unpaired) electrons. The summed E-state index contributed by atoms with van der Waals surface area (Å²) in [5.41, 5.74) is 3.22. The molecule has 1 aromatic rings. The van der Waals surface area contributed by atoms with Gasteiger partial charge in [0.15, 0.2) is 0 Å². The van der Waals surface area contributed by atoms with Crippen LogP contribution < -0.4 is 9.99 Å². The van der Waals surface area contributed by atoms with E-state index in [4.69, 9.17) is 0 Å². The van der Waals surface area contributed by atoms with Gasteiger partial charge in [0.05, 0.1) is 0 Å². The highest BCUT2D eigenvalue weighted by atomic mass is 31.0. The first kappa shape index (κ1) is 12.2. The highest BCUT2D eigenvalue weighted by Crippen LogP contribution is 2.52. The highest BCUT2D eigenvalue weighted by Gasteiger charge is 2.53. The molecule has 0 amide bonds. The molecule has 2 heterocycles. The smallest absolute Gasteiger partial charge is 0.0371 e. The third-order valence-corrected chi connectivity index (χ3v) is 6.18. The lowest BCUT2D eigenvalue weighted by Crippen LogP contribution is -2.67. The normalized spacial score (nSPS) is 39.9. The molecule has 0 aromatic heterocycles. The summed E-state index contributed by atoms with van der Waals surface area (Å²) in [6, 6.07) is 10.6. The van der Waals surface area contributed by atoms with Crippen molar-refractivity contribution < 1.29 is 0 Å². The van der Waals surface area contributed by atoms with Crippen molar-refractivity contribution in [1.82, 2.24) is 5.09 Å². The van der Waals surface area contributed by atoms with E-state index in [1.807, 2.05) is 0 Å². The number of nitrogens with one attached hydrogen (secondary N) is 1. The first-order valence-electron chi connectivity index (χ1n) is 7.52. The number of anilines is 1. The summed E-state index contributed by atoms with van der Waals surface area (Å²) >= 11 is 0. The van der Waals surface area contributed by atoms with E-state index in [-0.39, 0.29) is 0 Å². The zero-order valence-electron chi connectivity index (χ0n) is 11.6. The van der Waals surface area contributed by atoms with Gasteiger partial charge in [-0.3, -0.25) is 5.09 Å². The van der Waals surface area contributed by atoms with Gasteiger partial charge in [-0.15, -0.1) is 0 Å². The largest absolute Gasteiger partial charge is 0.365 e. The minimum Gasteiger partial charge on any atom is -0.365 e. The molecule has 3 atom stereocenters. The molecule has 0 spiro atoms. The zero-order chi connectivity index (χ0) is 13.0. The van der Waals surface area contributed by atoms with Gasteiger partial charge in [0, 0.05) is 23.3 Å². The van der Waals surface area contributed by atoms with E-state index in [0.717, 1.165) is 18.0 Å². The molecule has 1 N–H and O–H groups in total. The second-order valence-corrected chi connectivity index (χ2v) is 7.21. The molecule has 2 saturated carbocycles. The minimum atomic E-state index is 0.419. The van der Waals surface area contributed by atoms with Gasteiger partial charge in [-0.2, -0.15) is 0 Å². The SMILES string of the molecule is Cc1ccc(N2C3CC4CC2CC(NP)(C4)C3)cc1. The molecule has 2 aliphatic carbocycles. The van der Waals surface area contributed by atoms with E-state index in [0.29, 0.717) is 5.54 Å². The summed E-state index contributed by atoms with van der Waals surface area (Å²) in [6.45, 7) is 2.17. The second-order valence-electron chi connectivity index (χ2n) is 6.92. The maximum Gasteiger partial charge on any atom is 0.0371 e.